The first kappa shape index (κ1) is 118. The standard InChI is InChI=1S/C23H33N5O2.C18H25N5.C14H16ClN3.C9H18N2O2.C7H8Cl2N2.C7H7ClO3S.C7H10N2OS.C7H9N.CH2Cl2.Cl3OP/c1-6-7-19-16-20(24-18-10-8-17(2)9-11-18)26-21(25-19)27-12-14-28(15-13-27)22(29)30-23(3,4)5;1-3-4-16-13-17(20-15-7-5-14(2)6-8-15)22-18(21-16)23-11-9-19-10-12-23;1-3-4-12-9-13(18-14(15)17-12)16-11-7-5-10(2)6-8-11;1-9(2,3)13-8(12)11-6-4-10-5-7-11;1-2-3-5-4-6(8)11-7(9)10-5;1-11-6-2-4-7(5-3-6)12(8,9)10;1-2-3-5-4-6(10)9-7(11)8-5;1-6-2-4-7(8)5-3-6;2-1-3;1-5(2,3)4/h8-11,16H,6-7,12-15H2,1-5H3,(H,24,25,26);5-8,13,19H,3-4,9-12H2,1-2H3,(H,20,21,22);5-9H,3-4H2,1-2H3,(H,16,17,18);10H,4-7H2,1-3H3;4H,2-3H2,1H3;2-5H,1H3;4H,2-3H2,1H3,(H2,8,9,10,11);2-5H,8H2,1H3;1H2;. The Hall–Kier alpha value is -8.63. The lowest BCUT2D eigenvalue weighted by Crippen LogP contribution is -2.50. The van der Waals surface area contributed by atoms with Crippen molar-refractivity contribution < 1.29 is 36.8 Å². The van der Waals surface area contributed by atoms with Crippen LogP contribution in [0.3, 0.4) is 0 Å². The first-order chi connectivity index (χ1) is 63.3. The van der Waals surface area contributed by atoms with Crippen molar-refractivity contribution in [2.45, 2.75) is 184 Å². The number of carbonyl (C=O) groups is 2. The number of methoxy groups -OCH3 is 1. The van der Waals surface area contributed by atoms with Crippen molar-refractivity contribution >= 4 is 193 Å². The minimum absolute atomic E-state index is 0.0740. The molecule has 734 valence electrons. The number of halogens is 9. The SMILES string of the molecule is CC(C)(C)OC(=O)N1CCNCC1.CCCc1cc(=O)[nH]c(=S)[nH]1.CCCc1cc(Cl)nc(Cl)n1.CCCc1cc(Nc2ccc(C)cc2)nc(Cl)n1.CCCc1cc(Nc2ccc(C)cc2)nc(N2CCN(C(=O)OC(C)(C)C)CC2)n1.CCCc1cc(Nc2ccc(C)cc2)nc(N2CCNCC2)n1.COc1ccc(S(=O)(=O)Cl)cc1.Cc1ccc(N)cc1.ClCCl.O=P(Cl)(Cl)Cl. The molecule has 8 heterocycles. The van der Waals surface area contributed by atoms with Gasteiger partial charge in [-0.3, -0.25) is 14.3 Å². The number of aryl methyl sites for hydroxylation is 9. The fourth-order valence-corrected chi connectivity index (χ4v) is 13.6. The number of aromatic amines is 2. The van der Waals surface area contributed by atoms with Crippen LogP contribution >= 0.6 is 120 Å². The average Bonchev–Trinajstić information content (AvgIpc) is 0.823. The smallest absolute Gasteiger partial charge is 0.410 e. The van der Waals surface area contributed by atoms with Crippen molar-refractivity contribution in [1.82, 2.24) is 70.3 Å². The number of aromatic nitrogens is 10. The summed E-state index contributed by atoms with van der Waals surface area (Å²) in [4.78, 5) is 83.1. The molecule has 0 radical (unpaired) electrons. The zero-order chi connectivity index (χ0) is 99.6. The molecule has 3 fully saturated rings. The number of amides is 2. The molecule has 0 aliphatic carbocycles. The molecule has 13 rings (SSSR count). The molecule has 29 nitrogen and oxygen atoms in total. The maximum atomic E-state index is 12.3. The van der Waals surface area contributed by atoms with Gasteiger partial charge in [-0.05, 0) is 249 Å². The second kappa shape index (κ2) is 62.3. The fraction of sp³-hybridized carbons (Fsp3) is 0.441. The van der Waals surface area contributed by atoms with E-state index in [0.717, 1.165) is 191 Å². The van der Waals surface area contributed by atoms with Crippen LogP contribution in [-0.2, 0) is 55.2 Å². The van der Waals surface area contributed by atoms with E-state index >= 15 is 0 Å². The minimum Gasteiger partial charge on any atom is -0.497 e. The Bertz CT molecular complexity index is 5330. The molecule has 2 amide bonds. The normalized spacial score (nSPS) is 12.8. The lowest BCUT2D eigenvalue weighted by molar-refractivity contribution is 0.0222. The van der Waals surface area contributed by atoms with E-state index in [4.69, 9.17) is 121 Å². The Kier molecular flexibility index (Phi) is 54.7. The molecule has 3 aliphatic heterocycles. The van der Waals surface area contributed by atoms with E-state index in [9.17, 15) is 27.4 Å². The van der Waals surface area contributed by atoms with Crippen molar-refractivity contribution in [1.29, 1.82) is 0 Å². The zero-order valence-corrected chi connectivity index (χ0v) is 88.3. The number of carbonyl (C=O) groups excluding carboxylic acids is 2. The van der Waals surface area contributed by atoms with E-state index in [-0.39, 0.29) is 44.1 Å². The number of benzene rings is 5. The summed E-state index contributed by atoms with van der Waals surface area (Å²) in [6, 6.07) is 47.7. The van der Waals surface area contributed by atoms with Crippen molar-refractivity contribution in [3.8, 4) is 5.75 Å². The Morgan fingerprint density at radius 2 is 0.813 bits per heavy atom. The molecule has 9 N–H and O–H groups in total. The number of rotatable bonds is 20. The van der Waals surface area contributed by atoms with Crippen molar-refractivity contribution in [3.63, 3.8) is 0 Å². The number of nitrogen functional groups attached to an aromatic ring is 1. The van der Waals surface area contributed by atoms with Gasteiger partial charge in [0.2, 0.25) is 22.5 Å². The third-order valence-electron chi connectivity index (χ3n) is 18.1. The Labute approximate surface area is 839 Å². The minimum atomic E-state index is -3.61. The molecule has 134 heavy (non-hydrogen) atoms. The molecule has 0 bridgehead atoms. The molecule has 41 heteroatoms. The highest BCUT2D eigenvalue weighted by Crippen LogP contribution is 2.61. The molecule has 5 aromatic carbocycles. The average molecular weight is 2080 g/mol. The highest BCUT2D eigenvalue weighted by atomic mass is 36.0. The summed E-state index contributed by atoms with van der Waals surface area (Å²) >= 11 is 45.3. The van der Waals surface area contributed by atoms with E-state index in [1.54, 1.807) is 21.9 Å². The molecular weight excluding hydrogens is 1960 g/mol. The molecular formula is C93H128Cl9N20O9PS2. The maximum absolute atomic E-state index is 12.3. The van der Waals surface area contributed by atoms with Crippen LogP contribution in [0.25, 0.3) is 0 Å². The van der Waals surface area contributed by atoms with Crippen molar-refractivity contribution in [2.24, 2.45) is 0 Å². The highest BCUT2D eigenvalue weighted by molar-refractivity contribution is 8.24. The first-order valence-electron chi connectivity index (χ1n) is 43.7. The molecule has 3 saturated heterocycles. The number of hydrogen-bond acceptors (Lipinski definition) is 26. The molecule has 5 aromatic heterocycles. The maximum Gasteiger partial charge on any atom is 0.410 e. The summed E-state index contributed by atoms with van der Waals surface area (Å²) in [5.74, 6) is 4.55. The first-order valence-corrected chi connectivity index (χ1v) is 53.1. The Balaban J connectivity index is 0.000000326. The van der Waals surface area contributed by atoms with Gasteiger partial charge in [0.15, 0.2) is 4.77 Å². The zero-order valence-electron chi connectivity index (χ0n) is 79.0. The number of nitrogens with two attached hydrogens (primary N) is 1. The van der Waals surface area contributed by atoms with E-state index in [1.807, 2.05) is 97.0 Å². The van der Waals surface area contributed by atoms with Gasteiger partial charge in [-0.2, -0.15) is 9.97 Å². The van der Waals surface area contributed by atoms with E-state index in [2.05, 4.69) is 222 Å². The van der Waals surface area contributed by atoms with Crippen LogP contribution in [0.2, 0.25) is 15.7 Å². The third kappa shape index (κ3) is 52.1. The number of hydrogen-bond donors (Lipinski definition) is 8. The largest absolute Gasteiger partial charge is 0.497 e. The van der Waals surface area contributed by atoms with Gasteiger partial charge < -0.3 is 71.1 Å². The van der Waals surface area contributed by atoms with E-state index in [0.29, 0.717) is 47.8 Å². The molecule has 0 unspecified atom stereocenters. The summed E-state index contributed by atoms with van der Waals surface area (Å²) in [6.07, 6.45) is 9.27. The summed E-state index contributed by atoms with van der Waals surface area (Å²) in [7, 11) is 2.98. The van der Waals surface area contributed by atoms with Gasteiger partial charge in [0.05, 0.1) is 17.3 Å². The van der Waals surface area contributed by atoms with Crippen molar-refractivity contribution in [3.05, 3.63) is 233 Å². The monoisotopic (exact) mass is 2080 g/mol. The van der Waals surface area contributed by atoms with Gasteiger partial charge in [0.25, 0.3) is 14.6 Å². The second-order valence-corrected chi connectivity index (χ2v) is 43.8. The molecule has 0 spiro atoms. The lowest BCUT2D eigenvalue weighted by atomic mass is 10.2. The molecule has 3 aliphatic rings. The summed E-state index contributed by atoms with van der Waals surface area (Å²) in [6.45, 7) is 39.8. The number of piperazine rings is 3. The van der Waals surface area contributed by atoms with Crippen LogP contribution in [-0.4, -0.2) is 182 Å². The summed E-state index contributed by atoms with van der Waals surface area (Å²) in [5.41, 5.74) is 18.2. The third-order valence-corrected chi connectivity index (χ3v) is 20.2. The number of anilines is 9. The van der Waals surface area contributed by atoms with Gasteiger partial charge in [-0.1, -0.05) is 149 Å². The van der Waals surface area contributed by atoms with Gasteiger partial charge in [-0.25, -0.2) is 47.9 Å². The van der Waals surface area contributed by atoms with Crippen LogP contribution in [0.1, 0.15) is 159 Å². The van der Waals surface area contributed by atoms with Crippen LogP contribution in [0, 0.1) is 32.5 Å². The van der Waals surface area contributed by atoms with Gasteiger partial charge in [0.1, 0.15) is 39.6 Å². The van der Waals surface area contributed by atoms with Gasteiger partial charge >= 0.3 is 17.4 Å². The number of ether oxygens (including phenoxy) is 3. The van der Waals surface area contributed by atoms with E-state index in [1.165, 1.54) is 53.6 Å². The predicted molar refractivity (Wildman–Crippen MR) is 558 cm³/mol. The quantitative estimate of drug-likeness (QED) is 0.00668. The van der Waals surface area contributed by atoms with Crippen LogP contribution in [0.5, 0.6) is 5.75 Å². The number of nitrogens with one attached hydrogen (secondary N) is 7. The Morgan fingerprint density at radius 1 is 0.478 bits per heavy atom. The van der Waals surface area contributed by atoms with Gasteiger partial charge in [0, 0.05) is 165 Å². The van der Waals surface area contributed by atoms with Crippen LogP contribution in [0.4, 0.5) is 61.7 Å². The number of nitrogens with zero attached hydrogens (tertiary/aromatic N) is 12. The highest BCUT2D eigenvalue weighted by Gasteiger charge is 2.28. The van der Waals surface area contributed by atoms with Gasteiger partial charge in [-0.15, -0.1) is 23.2 Å². The second-order valence-electron chi connectivity index (χ2n) is 32.3. The molecule has 0 atom stereocenters. The topological polar surface area (TPSA) is 364 Å². The molecule has 10 aromatic rings. The fourth-order valence-electron chi connectivity index (χ4n) is 11.9. The van der Waals surface area contributed by atoms with E-state index < -0.39 is 19.9 Å². The number of alkyl halides is 2. The Morgan fingerprint density at radius 3 is 1.16 bits per heavy atom. The predicted octanol–water partition coefficient (Wildman–Crippen LogP) is 23.9. The molecule has 0 saturated carbocycles. The van der Waals surface area contributed by atoms with Crippen molar-refractivity contribution in [2.75, 3.05) is 122 Å². The summed E-state index contributed by atoms with van der Waals surface area (Å²) in [5, 5.41) is 14.5. The summed E-state index contributed by atoms with van der Waals surface area (Å²) < 4.78 is 47.0. The lowest BCUT2D eigenvalue weighted by Gasteiger charge is -2.35. The van der Waals surface area contributed by atoms with Crippen LogP contribution < -0.4 is 52.4 Å². The number of H-pyrrole nitrogens is 2. The van der Waals surface area contributed by atoms with Crippen LogP contribution in [0.15, 0.2) is 161 Å².